The molecule has 2 nitrogen and oxygen atoms in total. The summed E-state index contributed by atoms with van der Waals surface area (Å²) in [5.74, 6) is -0.0606. The Morgan fingerprint density at radius 3 is 2.50 bits per heavy atom. The lowest BCUT2D eigenvalue weighted by Crippen LogP contribution is -2.13. The Labute approximate surface area is 111 Å². The highest BCUT2D eigenvalue weighted by Crippen LogP contribution is 2.20. The summed E-state index contributed by atoms with van der Waals surface area (Å²) >= 11 is 1.64. The molecule has 0 radical (unpaired) electrons. The van der Waals surface area contributed by atoms with Crippen molar-refractivity contribution < 1.29 is 4.79 Å². The van der Waals surface area contributed by atoms with E-state index in [4.69, 9.17) is 0 Å². The SMILES string of the molecule is CSc1ccc(C)c(C(=O)Nc2ccccc2)c1. The fourth-order valence-corrected chi connectivity index (χ4v) is 2.13. The molecule has 2 aromatic rings. The molecule has 2 rings (SSSR count). The number of rotatable bonds is 3. The third kappa shape index (κ3) is 2.93. The smallest absolute Gasteiger partial charge is 0.255 e. The maximum Gasteiger partial charge on any atom is 0.255 e. The van der Waals surface area contributed by atoms with Crippen LogP contribution in [-0.4, -0.2) is 12.2 Å². The summed E-state index contributed by atoms with van der Waals surface area (Å²) in [7, 11) is 0. The van der Waals surface area contributed by atoms with Gasteiger partial charge in [0.25, 0.3) is 5.91 Å². The predicted molar refractivity (Wildman–Crippen MR) is 77.4 cm³/mol. The molecule has 1 N–H and O–H groups in total. The Kier molecular flexibility index (Phi) is 4.05. The summed E-state index contributed by atoms with van der Waals surface area (Å²) in [6.07, 6.45) is 2.00. The lowest BCUT2D eigenvalue weighted by atomic mass is 10.1. The second-order valence-electron chi connectivity index (χ2n) is 4.00. The van der Waals surface area contributed by atoms with Crippen LogP contribution < -0.4 is 5.32 Å². The quantitative estimate of drug-likeness (QED) is 0.843. The maximum atomic E-state index is 12.2. The number of carbonyl (C=O) groups excluding carboxylic acids is 1. The van der Waals surface area contributed by atoms with Crippen molar-refractivity contribution in [1.29, 1.82) is 0 Å². The average molecular weight is 257 g/mol. The van der Waals surface area contributed by atoms with Gasteiger partial charge < -0.3 is 5.32 Å². The number of benzene rings is 2. The van der Waals surface area contributed by atoms with Crippen LogP contribution in [0.4, 0.5) is 5.69 Å². The van der Waals surface area contributed by atoms with Crippen LogP contribution in [0.3, 0.4) is 0 Å². The second kappa shape index (κ2) is 5.74. The maximum absolute atomic E-state index is 12.2. The Morgan fingerprint density at radius 2 is 1.83 bits per heavy atom. The molecule has 0 aliphatic carbocycles. The molecule has 0 bridgehead atoms. The zero-order valence-electron chi connectivity index (χ0n) is 10.4. The highest BCUT2D eigenvalue weighted by atomic mass is 32.2. The molecule has 0 aliphatic heterocycles. The van der Waals surface area contributed by atoms with Crippen molar-refractivity contribution in [2.45, 2.75) is 11.8 Å². The summed E-state index contributed by atoms with van der Waals surface area (Å²) in [6.45, 7) is 1.95. The number of hydrogen-bond acceptors (Lipinski definition) is 2. The van der Waals surface area contributed by atoms with Gasteiger partial charge in [-0.1, -0.05) is 24.3 Å². The van der Waals surface area contributed by atoms with E-state index in [1.807, 2.05) is 61.7 Å². The molecule has 0 saturated heterocycles. The van der Waals surface area contributed by atoms with Gasteiger partial charge in [0, 0.05) is 16.1 Å². The van der Waals surface area contributed by atoms with Gasteiger partial charge in [0.2, 0.25) is 0 Å². The van der Waals surface area contributed by atoms with Gasteiger partial charge in [0.1, 0.15) is 0 Å². The molecule has 0 spiro atoms. The Bertz CT molecular complexity index is 552. The van der Waals surface area contributed by atoms with Gasteiger partial charge in [-0.2, -0.15) is 0 Å². The number of nitrogens with one attached hydrogen (secondary N) is 1. The molecular weight excluding hydrogens is 242 g/mol. The molecule has 92 valence electrons. The minimum Gasteiger partial charge on any atom is -0.322 e. The number of hydrogen-bond donors (Lipinski definition) is 1. The van der Waals surface area contributed by atoms with E-state index in [0.29, 0.717) is 0 Å². The van der Waals surface area contributed by atoms with Crippen molar-refractivity contribution in [3.05, 3.63) is 59.7 Å². The van der Waals surface area contributed by atoms with Gasteiger partial charge in [-0.05, 0) is 43.0 Å². The zero-order valence-corrected chi connectivity index (χ0v) is 11.3. The first kappa shape index (κ1) is 12.7. The molecular formula is C15H15NOS. The molecule has 3 heteroatoms. The normalized spacial score (nSPS) is 10.1. The van der Waals surface area contributed by atoms with E-state index in [-0.39, 0.29) is 5.91 Å². The van der Waals surface area contributed by atoms with Crippen LogP contribution in [0.5, 0.6) is 0 Å². The Balaban J connectivity index is 2.23. The van der Waals surface area contributed by atoms with Crippen LogP contribution >= 0.6 is 11.8 Å². The number of anilines is 1. The first-order chi connectivity index (χ1) is 8.70. The summed E-state index contributed by atoms with van der Waals surface area (Å²) in [6, 6.07) is 15.4. The molecule has 0 aliphatic rings. The Hall–Kier alpha value is -1.74. The molecule has 1 amide bonds. The molecule has 0 heterocycles. The second-order valence-corrected chi connectivity index (χ2v) is 4.88. The van der Waals surface area contributed by atoms with Crippen molar-refractivity contribution in [3.8, 4) is 0 Å². The molecule has 0 aromatic heterocycles. The zero-order chi connectivity index (χ0) is 13.0. The van der Waals surface area contributed by atoms with Crippen LogP contribution in [0.2, 0.25) is 0 Å². The van der Waals surface area contributed by atoms with Crippen molar-refractivity contribution in [2.24, 2.45) is 0 Å². The van der Waals surface area contributed by atoms with E-state index in [0.717, 1.165) is 21.7 Å². The average Bonchev–Trinajstić information content (AvgIpc) is 2.40. The molecule has 18 heavy (non-hydrogen) atoms. The third-order valence-corrected chi connectivity index (χ3v) is 3.45. The van der Waals surface area contributed by atoms with Gasteiger partial charge in [0.15, 0.2) is 0 Å². The lowest BCUT2D eigenvalue weighted by molar-refractivity contribution is 0.102. The van der Waals surface area contributed by atoms with E-state index < -0.39 is 0 Å². The highest BCUT2D eigenvalue weighted by molar-refractivity contribution is 7.98. The van der Waals surface area contributed by atoms with Gasteiger partial charge in [-0.25, -0.2) is 0 Å². The summed E-state index contributed by atoms with van der Waals surface area (Å²) in [4.78, 5) is 13.3. The largest absolute Gasteiger partial charge is 0.322 e. The number of aryl methyl sites for hydroxylation is 1. The van der Waals surface area contributed by atoms with Crippen molar-refractivity contribution >= 4 is 23.4 Å². The van der Waals surface area contributed by atoms with E-state index >= 15 is 0 Å². The van der Waals surface area contributed by atoms with Gasteiger partial charge in [0.05, 0.1) is 0 Å². The molecule has 0 fully saturated rings. The fourth-order valence-electron chi connectivity index (χ4n) is 1.69. The van der Waals surface area contributed by atoms with Crippen molar-refractivity contribution in [3.63, 3.8) is 0 Å². The minimum atomic E-state index is -0.0606. The first-order valence-electron chi connectivity index (χ1n) is 5.72. The number of thioether (sulfide) groups is 1. The van der Waals surface area contributed by atoms with E-state index in [2.05, 4.69) is 5.32 Å². The van der Waals surface area contributed by atoms with E-state index in [9.17, 15) is 4.79 Å². The fraction of sp³-hybridized carbons (Fsp3) is 0.133. The summed E-state index contributed by atoms with van der Waals surface area (Å²) < 4.78 is 0. The third-order valence-electron chi connectivity index (χ3n) is 2.72. The van der Waals surface area contributed by atoms with Gasteiger partial charge in [-0.15, -0.1) is 11.8 Å². The highest BCUT2D eigenvalue weighted by Gasteiger charge is 2.09. The van der Waals surface area contributed by atoms with Crippen LogP contribution in [0, 0.1) is 6.92 Å². The number of amides is 1. The van der Waals surface area contributed by atoms with Crippen LogP contribution in [-0.2, 0) is 0 Å². The molecule has 0 saturated carbocycles. The summed E-state index contributed by atoms with van der Waals surface area (Å²) in [5, 5.41) is 2.90. The van der Waals surface area contributed by atoms with Crippen LogP contribution in [0.1, 0.15) is 15.9 Å². The van der Waals surface area contributed by atoms with Crippen LogP contribution in [0.15, 0.2) is 53.4 Å². The minimum absolute atomic E-state index is 0.0606. The van der Waals surface area contributed by atoms with Crippen molar-refractivity contribution in [1.82, 2.24) is 0 Å². The van der Waals surface area contributed by atoms with Gasteiger partial charge >= 0.3 is 0 Å². The lowest BCUT2D eigenvalue weighted by Gasteiger charge is -2.09. The topological polar surface area (TPSA) is 29.1 Å². The van der Waals surface area contributed by atoms with Crippen molar-refractivity contribution in [2.75, 3.05) is 11.6 Å². The first-order valence-corrected chi connectivity index (χ1v) is 6.94. The van der Waals surface area contributed by atoms with E-state index in [1.54, 1.807) is 11.8 Å². The molecule has 0 atom stereocenters. The standard InChI is InChI=1S/C15H15NOS/c1-11-8-9-13(18-2)10-14(11)15(17)16-12-6-4-3-5-7-12/h3-10H,1-2H3,(H,16,17). The summed E-state index contributed by atoms with van der Waals surface area (Å²) in [5.41, 5.74) is 2.53. The molecule has 0 unspecified atom stereocenters. The van der Waals surface area contributed by atoms with Crippen LogP contribution in [0.25, 0.3) is 0 Å². The van der Waals surface area contributed by atoms with Gasteiger partial charge in [-0.3, -0.25) is 4.79 Å². The van der Waals surface area contributed by atoms with E-state index in [1.165, 1.54) is 0 Å². The monoisotopic (exact) mass is 257 g/mol. The Morgan fingerprint density at radius 1 is 1.11 bits per heavy atom. The number of para-hydroxylation sites is 1. The molecule has 2 aromatic carbocycles. The predicted octanol–water partition coefficient (Wildman–Crippen LogP) is 3.97. The number of carbonyl (C=O) groups is 1.